The monoisotopic (exact) mass is 265 g/mol. The minimum absolute atomic E-state index is 0.0211. The highest BCUT2D eigenvalue weighted by Gasteiger charge is 2.24. The number of hydrogen-bond acceptors (Lipinski definition) is 4. The minimum atomic E-state index is -0.411. The quantitative estimate of drug-likeness (QED) is 0.840. The lowest BCUT2D eigenvalue weighted by Gasteiger charge is -2.22. The van der Waals surface area contributed by atoms with Crippen molar-refractivity contribution in [3.05, 3.63) is 24.2 Å². The van der Waals surface area contributed by atoms with Gasteiger partial charge in [-0.15, -0.1) is 0 Å². The zero-order valence-corrected chi connectivity index (χ0v) is 11.2. The van der Waals surface area contributed by atoms with E-state index in [1.807, 2.05) is 31.0 Å². The van der Waals surface area contributed by atoms with Crippen molar-refractivity contribution in [3.63, 3.8) is 0 Å². The summed E-state index contributed by atoms with van der Waals surface area (Å²) >= 11 is 0. The Hall–Kier alpha value is -1.82. The van der Waals surface area contributed by atoms with Crippen molar-refractivity contribution in [1.82, 2.24) is 15.5 Å². The molecule has 0 aliphatic heterocycles. The molecule has 1 aliphatic carbocycles. The standard InChI is InChI=1S/C13H19N3O3/c1-9(11-4-3-7-19-11)16(2)8-12(17)15-13(18)14-10-5-6-10/h3-4,7,9-10H,5-6,8H2,1-2H3,(H2,14,15,17,18). The van der Waals surface area contributed by atoms with Crippen molar-refractivity contribution >= 4 is 11.9 Å². The number of furan rings is 1. The fraction of sp³-hybridized carbons (Fsp3) is 0.538. The van der Waals surface area contributed by atoms with Crippen LogP contribution in [0.4, 0.5) is 4.79 Å². The second-order valence-corrected chi connectivity index (χ2v) is 4.90. The second kappa shape index (κ2) is 5.88. The molecule has 0 bridgehead atoms. The fourth-order valence-corrected chi connectivity index (χ4v) is 1.72. The van der Waals surface area contributed by atoms with Gasteiger partial charge in [0.1, 0.15) is 5.76 Å². The van der Waals surface area contributed by atoms with Crippen LogP contribution in [0.3, 0.4) is 0 Å². The predicted molar refractivity (Wildman–Crippen MR) is 69.4 cm³/mol. The number of hydrogen-bond donors (Lipinski definition) is 2. The van der Waals surface area contributed by atoms with Gasteiger partial charge >= 0.3 is 6.03 Å². The molecule has 1 heterocycles. The summed E-state index contributed by atoms with van der Waals surface area (Å²) in [5.41, 5.74) is 0. The molecule has 6 nitrogen and oxygen atoms in total. The third kappa shape index (κ3) is 4.10. The van der Waals surface area contributed by atoms with E-state index >= 15 is 0 Å². The SMILES string of the molecule is CC(c1ccco1)N(C)CC(=O)NC(=O)NC1CC1. The Kier molecular flexibility index (Phi) is 4.21. The molecule has 104 valence electrons. The van der Waals surface area contributed by atoms with Gasteiger partial charge in [-0.25, -0.2) is 4.79 Å². The van der Waals surface area contributed by atoms with Crippen LogP contribution >= 0.6 is 0 Å². The molecule has 1 saturated carbocycles. The summed E-state index contributed by atoms with van der Waals surface area (Å²) in [7, 11) is 1.81. The Morgan fingerprint density at radius 2 is 2.26 bits per heavy atom. The second-order valence-electron chi connectivity index (χ2n) is 4.90. The Balaban J connectivity index is 1.75. The Morgan fingerprint density at radius 3 is 2.84 bits per heavy atom. The van der Waals surface area contributed by atoms with Crippen LogP contribution in [0.5, 0.6) is 0 Å². The van der Waals surface area contributed by atoms with E-state index in [-0.39, 0.29) is 24.5 Å². The number of carbonyl (C=O) groups excluding carboxylic acids is 2. The maximum atomic E-state index is 11.7. The van der Waals surface area contributed by atoms with E-state index in [1.54, 1.807) is 6.26 Å². The molecular formula is C13H19N3O3. The number of likely N-dealkylation sites (N-methyl/N-ethyl adjacent to an activating group) is 1. The van der Waals surface area contributed by atoms with Crippen LogP contribution in [0.2, 0.25) is 0 Å². The first kappa shape index (κ1) is 13.6. The van der Waals surface area contributed by atoms with Crippen LogP contribution in [0.15, 0.2) is 22.8 Å². The van der Waals surface area contributed by atoms with Gasteiger partial charge in [-0.1, -0.05) is 0 Å². The van der Waals surface area contributed by atoms with Crippen LogP contribution in [0.1, 0.15) is 31.6 Å². The van der Waals surface area contributed by atoms with Crippen molar-refractivity contribution in [2.45, 2.75) is 31.8 Å². The van der Waals surface area contributed by atoms with Gasteiger partial charge < -0.3 is 9.73 Å². The molecule has 19 heavy (non-hydrogen) atoms. The number of nitrogens with one attached hydrogen (secondary N) is 2. The van der Waals surface area contributed by atoms with Crippen LogP contribution in [-0.2, 0) is 4.79 Å². The van der Waals surface area contributed by atoms with Gasteiger partial charge in [-0.3, -0.25) is 15.0 Å². The zero-order valence-electron chi connectivity index (χ0n) is 11.2. The highest BCUT2D eigenvalue weighted by atomic mass is 16.3. The van der Waals surface area contributed by atoms with Gasteiger partial charge in [0.25, 0.3) is 0 Å². The van der Waals surface area contributed by atoms with E-state index in [0.717, 1.165) is 18.6 Å². The first-order valence-corrected chi connectivity index (χ1v) is 6.40. The van der Waals surface area contributed by atoms with E-state index in [9.17, 15) is 9.59 Å². The lowest BCUT2D eigenvalue weighted by molar-refractivity contribution is -0.121. The number of carbonyl (C=O) groups is 2. The summed E-state index contributed by atoms with van der Waals surface area (Å²) in [4.78, 5) is 24.9. The summed E-state index contributed by atoms with van der Waals surface area (Å²) < 4.78 is 5.29. The molecule has 6 heteroatoms. The summed E-state index contributed by atoms with van der Waals surface area (Å²) in [5.74, 6) is 0.469. The third-order valence-electron chi connectivity index (χ3n) is 3.17. The molecule has 0 saturated heterocycles. The molecule has 2 N–H and O–H groups in total. The maximum Gasteiger partial charge on any atom is 0.321 e. The highest BCUT2D eigenvalue weighted by molar-refractivity contribution is 5.95. The maximum absolute atomic E-state index is 11.7. The molecule has 1 fully saturated rings. The smallest absolute Gasteiger partial charge is 0.321 e. The molecule has 0 radical (unpaired) electrons. The molecule has 1 aromatic rings. The van der Waals surface area contributed by atoms with Gasteiger partial charge in [0.05, 0.1) is 18.8 Å². The van der Waals surface area contributed by atoms with Crippen molar-refractivity contribution in [1.29, 1.82) is 0 Å². The Labute approximate surface area is 112 Å². The number of amides is 3. The van der Waals surface area contributed by atoms with Crippen LogP contribution in [0, 0.1) is 0 Å². The third-order valence-corrected chi connectivity index (χ3v) is 3.17. The normalized spacial score (nSPS) is 16.2. The van der Waals surface area contributed by atoms with Gasteiger partial charge in [0.15, 0.2) is 0 Å². The zero-order chi connectivity index (χ0) is 13.8. The van der Waals surface area contributed by atoms with E-state index in [4.69, 9.17) is 4.42 Å². The average molecular weight is 265 g/mol. The van der Waals surface area contributed by atoms with Crippen molar-refractivity contribution in [2.24, 2.45) is 0 Å². The van der Waals surface area contributed by atoms with E-state index in [0.29, 0.717) is 0 Å². The largest absolute Gasteiger partial charge is 0.468 e. The number of urea groups is 1. The fourth-order valence-electron chi connectivity index (χ4n) is 1.72. The number of rotatable bonds is 5. The molecule has 3 amide bonds. The molecule has 1 aliphatic rings. The van der Waals surface area contributed by atoms with Crippen molar-refractivity contribution < 1.29 is 14.0 Å². The van der Waals surface area contributed by atoms with E-state index in [1.165, 1.54) is 0 Å². The lowest BCUT2D eigenvalue weighted by Crippen LogP contribution is -2.44. The van der Waals surface area contributed by atoms with Crippen LogP contribution in [-0.4, -0.2) is 36.5 Å². The molecule has 0 aromatic carbocycles. The Morgan fingerprint density at radius 1 is 1.53 bits per heavy atom. The van der Waals surface area contributed by atoms with E-state index < -0.39 is 6.03 Å². The molecule has 0 spiro atoms. The summed E-state index contributed by atoms with van der Waals surface area (Å²) in [5, 5.41) is 5.03. The van der Waals surface area contributed by atoms with Crippen LogP contribution in [0.25, 0.3) is 0 Å². The van der Waals surface area contributed by atoms with Gasteiger partial charge in [0, 0.05) is 6.04 Å². The molecular weight excluding hydrogens is 246 g/mol. The highest BCUT2D eigenvalue weighted by Crippen LogP contribution is 2.19. The summed E-state index contributed by atoms with van der Waals surface area (Å²) in [6.45, 7) is 2.08. The first-order valence-electron chi connectivity index (χ1n) is 6.40. The number of imide groups is 1. The predicted octanol–water partition coefficient (Wildman–Crippen LogP) is 1.26. The van der Waals surface area contributed by atoms with Gasteiger partial charge in [-0.2, -0.15) is 0 Å². The molecule has 1 aromatic heterocycles. The van der Waals surface area contributed by atoms with Gasteiger partial charge in [0.2, 0.25) is 5.91 Å². The lowest BCUT2D eigenvalue weighted by atomic mass is 10.2. The summed E-state index contributed by atoms with van der Waals surface area (Å²) in [6.07, 6.45) is 3.59. The van der Waals surface area contributed by atoms with Crippen molar-refractivity contribution in [2.75, 3.05) is 13.6 Å². The van der Waals surface area contributed by atoms with Gasteiger partial charge in [-0.05, 0) is 38.9 Å². The topological polar surface area (TPSA) is 74.6 Å². The molecule has 1 atom stereocenters. The Bertz CT molecular complexity index is 440. The van der Waals surface area contributed by atoms with E-state index in [2.05, 4.69) is 10.6 Å². The van der Waals surface area contributed by atoms with Crippen LogP contribution < -0.4 is 10.6 Å². The molecule has 1 unspecified atom stereocenters. The average Bonchev–Trinajstić information content (AvgIpc) is 2.98. The molecule has 2 rings (SSSR count). The minimum Gasteiger partial charge on any atom is -0.468 e. The first-order chi connectivity index (χ1) is 9.06. The van der Waals surface area contributed by atoms with Crippen molar-refractivity contribution in [3.8, 4) is 0 Å². The number of nitrogens with zero attached hydrogens (tertiary/aromatic N) is 1. The summed E-state index contributed by atoms with van der Waals surface area (Å²) in [6, 6.07) is 3.48.